The molecule has 0 aliphatic heterocycles. The molecule has 0 aliphatic carbocycles. The topological polar surface area (TPSA) is 80.3 Å². The van der Waals surface area contributed by atoms with Crippen molar-refractivity contribution in [1.82, 2.24) is 10.3 Å². The van der Waals surface area contributed by atoms with Crippen LogP contribution in [-0.2, 0) is 16.0 Å². The highest BCUT2D eigenvalue weighted by molar-refractivity contribution is 7.22. The molecule has 7 heteroatoms. The minimum Gasteiger partial charge on any atom is -0.497 e. The van der Waals surface area contributed by atoms with Crippen LogP contribution in [0.5, 0.6) is 5.75 Å². The van der Waals surface area contributed by atoms with Crippen LogP contribution >= 0.6 is 11.3 Å². The van der Waals surface area contributed by atoms with Crippen LogP contribution in [0, 0.1) is 0 Å². The smallest absolute Gasteiger partial charge is 0.248 e. The number of ether oxygens (including phenoxy) is 1. The Kier molecular flexibility index (Phi) is 6.60. The highest BCUT2D eigenvalue weighted by Crippen LogP contribution is 2.29. The summed E-state index contributed by atoms with van der Waals surface area (Å²) in [5, 5.41) is 6.19. The van der Waals surface area contributed by atoms with Gasteiger partial charge in [-0.15, -0.1) is 0 Å². The molecule has 2 amide bonds. The summed E-state index contributed by atoms with van der Waals surface area (Å²) in [5.41, 5.74) is 1.71. The van der Waals surface area contributed by atoms with Gasteiger partial charge in [-0.2, -0.15) is 0 Å². The minimum atomic E-state index is -0.595. The van der Waals surface area contributed by atoms with E-state index in [-0.39, 0.29) is 18.2 Å². The zero-order valence-electron chi connectivity index (χ0n) is 15.9. The molecule has 1 unspecified atom stereocenters. The number of amides is 2. The van der Waals surface area contributed by atoms with Crippen LogP contribution in [0.1, 0.15) is 25.3 Å². The maximum atomic E-state index is 12.7. The molecule has 1 aromatic heterocycles. The molecule has 146 valence electrons. The van der Waals surface area contributed by atoms with Crippen LogP contribution in [-0.4, -0.2) is 29.9 Å². The first-order chi connectivity index (χ1) is 13.6. The molecular weight excluding hydrogens is 374 g/mol. The van der Waals surface area contributed by atoms with Crippen molar-refractivity contribution in [1.29, 1.82) is 0 Å². The molecule has 1 atom stereocenters. The van der Waals surface area contributed by atoms with Crippen molar-refractivity contribution in [2.45, 2.75) is 32.2 Å². The minimum absolute atomic E-state index is 0.172. The number of aromatic nitrogens is 1. The number of nitrogens with zero attached hydrogens (tertiary/aromatic N) is 1. The van der Waals surface area contributed by atoms with Crippen molar-refractivity contribution in [3.63, 3.8) is 0 Å². The van der Waals surface area contributed by atoms with Gasteiger partial charge in [0.05, 0.1) is 23.7 Å². The van der Waals surface area contributed by atoms with Crippen molar-refractivity contribution in [2.24, 2.45) is 0 Å². The lowest BCUT2D eigenvalue weighted by Gasteiger charge is -2.17. The van der Waals surface area contributed by atoms with E-state index < -0.39 is 6.04 Å². The first kappa shape index (κ1) is 19.8. The summed E-state index contributed by atoms with van der Waals surface area (Å²) in [6.45, 7) is 1.98. The van der Waals surface area contributed by atoms with Gasteiger partial charge in [-0.3, -0.25) is 9.59 Å². The Bertz CT molecular complexity index is 956. The van der Waals surface area contributed by atoms with E-state index in [1.807, 2.05) is 55.5 Å². The van der Waals surface area contributed by atoms with Crippen LogP contribution in [0.2, 0.25) is 0 Å². The van der Waals surface area contributed by atoms with Gasteiger partial charge in [0.1, 0.15) is 11.8 Å². The van der Waals surface area contributed by atoms with Crippen molar-refractivity contribution in [3.05, 3.63) is 54.1 Å². The van der Waals surface area contributed by atoms with E-state index >= 15 is 0 Å². The van der Waals surface area contributed by atoms with Crippen molar-refractivity contribution < 1.29 is 14.3 Å². The third-order valence-electron chi connectivity index (χ3n) is 4.26. The van der Waals surface area contributed by atoms with Gasteiger partial charge in [0.2, 0.25) is 11.8 Å². The number of hydrogen-bond donors (Lipinski definition) is 2. The molecule has 3 rings (SSSR count). The fourth-order valence-electron chi connectivity index (χ4n) is 2.86. The molecule has 0 saturated heterocycles. The van der Waals surface area contributed by atoms with Crippen molar-refractivity contribution in [3.8, 4) is 5.75 Å². The summed E-state index contributed by atoms with van der Waals surface area (Å²) >= 11 is 1.38. The van der Waals surface area contributed by atoms with Gasteiger partial charge in [-0.05, 0) is 30.2 Å². The third kappa shape index (κ3) is 5.07. The first-order valence-corrected chi connectivity index (χ1v) is 9.99. The normalized spacial score (nSPS) is 11.8. The molecule has 0 saturated carbocycles. The van der Waals surface area contributed by atoms with Gasteiger partial charge in [0.25, 0.3) is 0 Å². The molecular formula is C21H23N3O3S. The Hall–Kier alpha value is -2.93. The third-order valence-corrected chi connectivity index (χ3v) is 5.20. The number of thiazole rings is 1. The predicted molar refractivity (Wildman–Crippen MR) is 112 cm³/mol. The van der Waals surface area contributed by atoms with E-state index in [0.29, 0.717) is 11.6 Å². The van der Waals surface area contributed by atoms with E-state index in [1.165, 1.54) is 11.3 Å². The molecule has 0 bridgehead atoms. The molecule has 6 nitrogen and oxygen atoms in total. The number of carbonyl (C=O) groups excluding carboxylic acids is 2. The predicted octanol–water partition coefficient (Wildman–Crippen LogP) is 3.77. The van der Waals surface area contributed by atoms with Gasteiger partial charge in [0, 0.05) is 0 Å². The monoisotopic (exact) mass is 397 g/mol. The standard InChI is InChI=1S/C21H23N3O3S/c1-3-7-17(22-19(25)12-14-8-5-4-6-9-14)20(26)24-21-23-16-11-10-15(27-2)13-18(16)28-21/h4-6,8-11,13,17H,3,7,12H2,1-2H3,(H,22,25)(H,23,24,26). The number of methoxy groups -OCH3 is 1. The Morgan fingerprint density at radius 1 is 1.18 bits per heavy atom. The van der Waals surface area contributed by atoms with E-state index in [0.717, 1.165) is 28.0 Å². The average molecular weight is 398 g/mol. The number of fused-ring (bicyclic) bond motifs is 1. The number of benzene rings is 2. The van der Waals surface area contributed by atoms with Gasteiger partial charge >= 0.3 is 0 Å². The van der Waals surface area contributed by atoms with Crippen LogP contribution < -0.4 is 15.4 Å². The summed E-state index contributed by atoms with van der Waals surface area (Å²) < 4.78 is 6.15. The fourth-order valence-corrected chi connectivity index (χ4v) is 3.76. The molecule has 2 aromatic carbocycles. The summed E-state index contributed by atoms with van der Waals surface area (Å²) in [6, 6.07) is 14.4. The lowest BCUT2D eigenvalue weighted by atomic mass is 10.1. The zero-order chi connectivity index (χ0) is 19.9. The maximum absolute atomic E-state index is 12.7. The zero-order valence-corrected chi connectivity index (χ0v) is 16.7. The number of anilines is 1. The summed E-state index contributed by atoms with van der Waals surface area (Å²) in [5.74, 6) is 0.314. The Labute approximate surface area is 167 Å². The summed E-state index contributed by atoms with van der Waals surface area (Å²) in [6.07, 6.45) is 1.58. The van der Waals surface area contributed by atoms with Crippen molar-refractivity contribution in [2.75, 3.05) is 12.4 Å². The summed E-state index contributed by atoms with van der Waals surface area (Å²) in [7, 11) is 1.61. The molecule has 1 heterocycles. The second kappa shape index (κ2) is 9.32. The fraction of sp³-hybridized carbons (Fsp3) is 0.286. The van der Waals surface area contributed by atoms with Crippen LogP contribution in [0.25, 0.3) is 10.2 Å². The van der Waals surface area contributed by atoms with Gasteiger partial charge < -0.3 is 15.4 Å². The lowest BCUT2D eigenvalue weighted by molar-refractivity contribution is -0.126. The van der Waals surface area contributed by atoms with E-state index in [1.54, 1.807) is 7.11 Å². The lowest BCUT2D eigenvalue weighted by Crippen LogP contribution is -2.44. The second-order valence-corrected chi connectivity index (χ2v) is 7.44. The van der Waals surface area contributed by atoms with Gasteiger partial charge in [-0.25, -0.2) is 4.98 Å². The van der Waals surface area contributed by atoms with Gasteiger partial charge in [0.15, 0.2) is 5.13 Å². The van der Waals surface area contributed by atoms with Crippen LogP contribution in [0.3, 0.4) is 0 Å². The number of nitrogens with one attached hydrogen (secondary N) is 2. The second-order valence-electron chi connectivity index (χ2n) is 6.41. The Morgan fingerprint density at radius 3 is 2.68 bits per heavy atom. The highest BCUT2D eigenvalue weighted by atomic mass is 32.1. The molecule has 0 radical (unpaired) electrons. The quantitative estimate of drug-likeness (QED) is 0.606. The molecule has 0 spiro atoms. The largest absolute Gasteiger partial charge is 0.497 e. The SMILES string of the molecule is CCCC(NC(=O)Cc1ccccc1)C(=O)Nc1nc2ccc(OC)cc2s1. The van der Waals surface area contributed by atoms with E-state index in [4.69, 9.17) is 4.74 Å². The first-order valence-electron chi connectivity index (χ1n) is 9.17. The molecule has 2 N–H and O–H groups in total. The van der Waals surface area contributed by atoms with Crippen LogP contribution in [0.4, 0.5) is 5.13 Å². The van der Waals surface area contributed by atoms with E-state index in [2.05, 4.69) is 15.6 Å². The molecule has 28 heavy (non-hydrogen) atoms. The molecule has 0 fully saturated rings. The maximum Gasteiger partial charge on any atom is 0.248 e. The van der Waals surface area contributed by atoms with E-state index in [9.17, 15) is 9.59 Å². The summed E-state index contributed by atoms with van der Waals surface area (Å²) in [4.78, 5) is 29.5. The molecule has 0 aliphatic rings. The average Bonchev–Trinajstić information content (AvgIpc) is 3.09. The highest BCUT2D eigenvalue weighted by Gasteiger charge is 2.21. The Morgan fingerprint density at radius 2 is 1.96 bits per heavy atom. The van der Waals surface area contributed by atoms with Crippen molar-refractivity contribution >= 4 is 38.5 Å². The Balaban J connectivity index is 1.66. The van der Waals surface area contributed by atoms with Crippen LogP contribution in [0.15, 0.2) is 48.5 Å². The number of hydrogen-bond acceptors (Lipinski definition) is 5. The number of rotatable bonds is 8. The van der Waals surface area contributed by atoms with Gasteiger partial charge in [-0.1, -0.05) is 55.0 Å². The molecule has 3 aromatic rings. The number of carbonyl (C=O) groups is 2.